The van der Waals surface area contributed by atoms with E-state index in [1.54, 1.807) is 42.3 Å². The summed E-state index contributed by atoms with van der Waals surface area (Å²) in [5, 5.41) is 10.8. The molecule has 1 aromatic heterocycles. The molecule has 1 aliphatic rings. The molecule has 180 valence electrons. The van der Waals surface area contributed by atoms with Crippen LogP contribution in [-0.4, -0.2) is 48.6 Å². The molecule has 2 N–H and O–H groups in total. The largest absolute Gasteiger partial charge is 0.497 e. The monoisotopic (exact) mass is 464 g/mol. The second-order valence-corrected chi connectivity index (χ2v) is 8.35. The Hall–Kier alpha value is -3.52. The molecule has 1 atom stereocenters. The number of piperidine rings is 1. The van der Waals surface area contributed by atoms with Crippen molar-refractivity contribution in [3.8, 4) is 28.5 Å². The van der Waals surface area contributed by atoms with Gasteiger partial charge in [-0.05, 0) is 74.3 Å². The van der Waals surface area contributed by atoms with E-state index in [1.165, 1.54) is 19.3 Å². The fraction of sp³-hybridized carbons (Fsp3) is 0.385. The fourth-order valence-corrected chi connectivity index (χ4v) is 4.07. The molecule has 1 fully saturated rings. The van der Waals surface area contributed by atoms with E-state index in [4.69, 9.17) is 14.2 Å². The van der Waals surface area contributed by atoms with Gasteiger partial charge in [-0.3, -0.25) is 9.48 Å². The first-order valence-corrected chi connectivity index (χ1v) is 11.7. The third-order valence-electron chi connectivity index (χ3n) is 5.93. The number of amides is 1. The van der Waals surface area contributed by atoms with Crippen LogP contribution in [0.1, 0.15) is 25.7 Å². The van der Waals surface area contributed by atoms with Crippen molar-refractivity contribution in [2.75, 3.05) is 32.2 Å². The van der Waals surface area contributed by atoms with Gasteiger partial charge in [0.15, 0.2) is 6.61 Å². The van der Waals surface area contributed by atoms with E-state index in [2.05, 4.69) is 15.7 Å². The molecule has 4 rings (SSSR count). The van der Waals surface area contributed by atoms with E-state index in [0.717, 1.165) is 35.7 Å². The molecule has 0 saturated carbocycles. The Labute approximate surface area is 200 Å². The smallest absolute Gasteiger partial charge is 0.262 e. The minimum atomic E-state index is -0.246. The van der Waals surface area contributed by atoms with Crippen LogP contribution in [0.5, 0.6) is 17.2 Å². The second-order valence-electron chi connectivity index (χ2n) is 8.35. The third kappa shape index (κ3) is 6.29. The zero-order chi connectivity index (χ0) is 23.8. The summed E-state index contributed by atoms with van der Waals surface area (Å²) in [6, 6.07) is 15.2. The number of carbonyl (C=O) groups is 1. The van der Waals surface area contributed by atoms with Crippen molar-refractivity contribution in [3.63, 3.8) is 0 Å². The lowest BCUT2D eigenvalue weighted by Crippen LogP contribution is -2.35. The van der Waals surface area contributed by atoms with Crippen LogP contribution < -0.4 is 24.8 Å². The van der Waals surface area contributed by atoms with Crippen LogP contribution in [0.2, 0.25) is 0 Å². The molecule has 8 heteroatoms. The first-order valence-electron chi connectivity index (χ1n) is 11.7. The van der Waals surface area contributed by atoms with Crippen molar-refractivity contribution in [2.24, 2.45) is 7.05 Å². The molecule has 0 bridgehead atoms. The summed E-state index contributed by atoms with van der Waals surface area (Å²) < 4.78 is 18.7. The van der Waals surface area contributed by atoms with Crippen LogP contribution in [0, 0.1) is 0 Å². The first kappa shape index (κ1) is 23.6. The highest BCUT2D eigenvalue weighted by Crippen LogP contribution is 2.33. The van der Waals surface area contributed by atoms with Gasteiger partial charge in [-0.2, -0.15) is 5.10 Å². The lowest BCUT2D eigenvalue weighted by atomic mass is 10.0. The Kier molecular flexibility index (Phi) is 8.04. The number of nitrogens with one attached hydrogen (secondary N) is 2. The maximum Gasteiger partial charge on any atom is 0.262 e. The van der Waals surface area contributed by atoms with Crippen LogP contribution in [0.3, 0.4) is 0 Å². The van der Waals surface area contributed by atoms with Gasteiger partial charge < -0.3 is 24.8 Å². The maximum atomic E-state index is 12.5. The number of aryl methyl sites for hydroxylation is 1. The number of carbonyl (C=O) groups excluding carboxylic acids is 1. The fourth-order valence-electron chi connectivity index (χ4n) is 4.07. The van der Waals surface area contributed by atoms with Crippen LogP contribution in [-0.2, 0) is 11.8 Å². The molecule has 34 heavy (non-hydrogen) atoms. The molecule has 3 aromatic rings. The number of rotatable bonds is 10. The molecular weight excluding hydrogens is 432 g/mol. The van der Waals surface area contributed by atoms with Crippen LogP contribution in [0.15, 0.2) is 54.7 Å². The molecule has 8 nitrogen and oxygen atoms in total. The zero-order valence-electron chi connectivity index (χ0n) is 19.8. The van der Waals surface area contributed by atoms with Gasteiger partial charge in [0.1, 0.15) is 17.2 Å². The SMILES string of the molecule is COc1ccc(OCC(=O)Nc2ccc(OCCC3CCCCN3)c(-c3ccnn3C)c2)cc1. The predicted molar refractivity (Wildman–Crippen MR) is 132 cm³/mol. The predicted octanol–water partition coefficient (Wildman–Crippen LogP) is 4.02. The normalized spacial score (nSPS) is 15.5. The minimum absolute atomic E-state index is 0.0972. The molecule has 1 amide bonds. The van der Waals surface area contributed by atoms with E-state index >= 15 is 0 Å². The van der Waals surface area contributed by atoms with Crippen molar-refractivity contribution in [1.29, 1.82) is 0 Å². The number of aromatic nitrogens is 2. The molecule has 1 aliphatic heterocycles. The summed E-state index contributed by atoms with van der Waals surface area (Å²) in [5.74, 6) is 1.86. The highest BCUT2D eigenvalue weighted by molar-refractivity contribution is 5.93. The Morgan fingerprint density at radius 3 is 2.65 bits per heavy atom. The lowest BCUT2D eigenvalue weighted by Gasteiger charge is -2.23. The standard InChI is InChI=1S/C26H32N4O4/c1-30-24(12-15-28-30)23-17-20(6-11-25(23)33-16-13-19-5-3-4-14-27-19)29-26(31)18-34-22-9-7-21(32-2)8-10-22/h6-12,15,17,19,27H,3-5,13-14,16,18H2,1-2H3,(H,29,31). The van der Waals surface area contributed by atoms with Gasteiger partial charge in [-0.25, -0.2) is 0 Å². The van der Waals surface area contributed by atoms with Gasteiger partial charge in [-0.1, -0.05) is 6.42 Å². The summed E-state index contributed by atoms with van der Waals surface area (Å²) in [5.41, 5.74) is 2.46. The number of nitrogens with zero attached hydrogens (tertiary/aromatic N) is 2. The molecule has 2 heterocycles. The van der Waals surface area contributed by atoms with E-state index in [9.17, 15) is 4.79 Å². The minimum Gasteiger partial charge on any atom is -0.497 e. The number of anilines is 1. The highest BCUT2D eigenvalue weighted by Gasteiger charge is 2.15. The van der Waals surface area contributed by atoms with E-state index < -0.39 is 0 Å². The Morgan fingerprint density at radius 2 is 1.94 bits per heavy atom. The Balaban J connectivity index is 1.39. The number of hydrogen-bond donors (Lipinski definition) is 2. The number of benzene rings is 2. The average molecular weight is 465 g/mol. The van der Waals surface area contributed by atoms with Crippen molar-refractivity contribution >= 4 is 11.6 Å². The molecule has 0 spiro atoms. The topological polar surface area (TPSA) is 86.6 Å². The van der Waals surface area contributed by atoms with Crippen molar-refractivity contribution in [3.05, 3.63) is 54.7 Å². The van der Waals surface area contributed by atoms with Crippen molar-refractivity contribution in [1.82, 2.24) is 15.1 Å². The first-order chi connectivity index (χ1) is 16.6. The summed E-state index contributed by atoms with van der Waals surface area (Å²) >= 11 is 0. The Morgan fingerprint density at radius 1 is 1.12 bits per heavy atom. The molecule has 1 saturated heterocycles. The van der Waals surface area contributed by atoms with Crippen molar-refractivity contribution in [2.45, 2.75) is 31.7 Å². The summed E-state index contributed by atoms with van der Waals surface area (Å²) in [6.45, 7) is 1.62. The molecule has 2 aromatic carbocycles. The number of methoxy groups -OCH3 is 1. The van der Waals surface area contributed by atoms with Crippen LogP contribution in [0.25, 0.3) is 11.3 Å². The third-order valence-corrected chi connectivity index (χ3v) is 5.93. The lowest BCUT2D eigenvalue weighted by molar-refractivity contribution is -0.118. The van der Waals surface area contributed by atoms with Gasteiger partial charge in [0, 0.05) is 30.5 Å². The van der Waals surface area contributed by atoms with E-state index in [1.807, 2.05) is 31.3 Å². The molecular formula is C26H32N4O4. The number of ether oxygens (including phenoxy) is 3. The van der Waals surface area contributed by atoms with Gasteiger partial charge in [-0.15, -0.1) is 0 Å². The van der Waals surface area contributed by atoms with Gasteiger partial charge in [0.25, 0.3) is 5.91 Å². The van der Waals surface area contributed by atoms with Gasteiger partial charge in [0.2, 0.25) is 0 Å². The molecule has 1 unspecified atom stereocenters. The average Bonchev–Trinajstić information content (AvgIpc) is 3.30. The summed E-state index contributed by atoms with van der Waals surface area (Å²) in [6.07, 6.45) is 6.43. The van der Waals surface area contributed by atoms with E-state index in [0.29, 0.717) is 24.1 Å². The van der Waals surface area contributed by atoms with Crippen LogP contribution in [0.4, 0.5) is 5.69 Å². The van der Waals surface area contributed by atoms with E-state index in [-0.39, 0.29) is 12.5 Å². The van der Waals surface area contributed by atoms with Crippen molar-refractivity contribution < 1.29 is 19.0 Å². The molecule has 0 aliphatic carbocycles. The Bertz CT molecular complexity index is 1070. The van der Waals surface area contributed by atoms with Crippen LogP contribution >= 0.6 is 0 Å². The van der Waals surface area contributed by atoms with Gasteiger partial charge in [0.05, 0.1) is 19.4 Å². The highest BCUT2D eigenvalue weighted by atomic mass is 16.5. The summed E-state index contributed by atoms with van der Waals surface area (Å²) in [4.78, 5) is 12.5. The number of hydrogen-bond acceptors (Lipinski definition) is 6. The second kappa shape index (κ2) is 11.6. The molecule has 0 radical (unpaired) electrons. The zero-order valence-corrected chi connectivity index (χ0v) is 19.8. The maximum absolute atomic E-state index is 12.5. The van der Waals surface area contributed by atoms with Gasteiger partial charge >= 0.3 is 0 Å². The quantitative estimate of drug-likeness (QED) is 0.471. The summed E-state index contributed by atoms with van der Waals surface area (Å²) in [7, 11) is 3.49.